The van der Waals surface area contributed by atoms with Crippen LogP contribution < -0.4 is 0 Å². The molecule has 1 unspecified atom stereocenters. The number of rotatable bonds is 3. The molecule has 0 N–H and O–H groups in total. The van der Waals surface area contributed by atoms with Gasteiger partial charge in [0.1, 0.15) is 0 Å². The minimum atomic E-state index is 0.171. The molecule has 1 nitrogen and oxygen atoms in total. The summed E-state index contributed by atoms with van der Waals surface area (Å²) in [7, 11) is 4.26. The van der Waals surface area contributed by atoms with E-state index in [2.05, 4.69) is 80.0 Å². The van der Waals surface area contributed by atoms with Gasteiger partial charge in [0.2, 0.25) is 0 Å². The molecule has 0 fully saturated rings. The van der Waals surface area contributed by atoms with Crippen molar-refractivity contribution in [3.63, 3.8) is 0 Å². The molecule has 0 amide bonds. The lowest BCUT2D eigenvalue weighted by atomic mass is 9.78. The van der Waals surface area contributed by atoms with Crippen LogP contribution >= 0.6 is 15.9 Å². The predicted octanol–water partition coefficient (Wildman–Crippen LogP) is 3.68. The van der Waals surface area contributed by atoms with Crippen molar-refractivity contribution in [3.05, 3.63) is 34.3 Å². The average Bonchev–Trinajstić information content (AvgIpc) is 2.17. The quantitative estimate of drug-likeness (QED) is 0.810. The second-order valence-electron chi connectivity index (χ2n) is 4.87. The molecule has 0 saturated carbocycles. The van der Waals surface area contributed by atoms with Crippen LogP contribution in [0.25, 0.3) is 0 Å². The number of benzene rings is 1. The molecule has 1 aromatic carbocycles. The first-order valence-electron chi connectivity index (χ1n) is 5.28. The van der Waals surface area contributed by atoms with Gasteiger partial charge in [0.25, 0.3) is 0 Å². The van der Waals surface area contributed by atoms with E-state index in [1.54, 1.807) is 0 Å². The summed E-state index contributed by atoms with van der Waals surface area (Å²) in [4.78, 5) is 2.27. The molecular weight excluding hydrogens is 250 g/mol. The fourth-order valence-corrected chi connectivity index (χ4v) is 2.03. The highest BCUT2D eigenvalue weighted by Crippen LogP contribution is 2.30. The van der Waals surface area contributed by atoms with E-state index in [-0.39, 0.29) is 5.41 Å². The van der Waals surface area contributed by atoms with Crippen molar-refractivity contribution in [1.29, 1.82) is 0 Å². The van der Waals surface area contributed by atoms with Crippen molar-refractivity contribution in [3.8, 4) is 0 Å². The maximum Gasteiger partial charge on any atom is 0.0175 e. The highest BCUT2D eigenvalue weighted by atomic mass is 79.9. The van der Waals surface area contributed by atoms with Crippen LogP contribution in [0, 0.1) is 0 Å². The van der Waals surface area contributed by atoms with Crippen molar-refractivity contribution >= 4 is 15.9 Å². The summed E-state index contributed by atoms with van der Waals surface area (Å²) >= 11 is 3.47. The SMILES string of the molecule is CC(N(C)C)C(C)(C)c1ccc(Br)cc1. The van der Waals surface area contributed by atoms with Gasteiger partial charge in [-0.2, -0.15) is 0 Å². The largest absolute Gasteiger partial charge is 0.306 e. The van der Waals surface area contributed by atoms with E-state index < -0.39 is 0 Å². The molecule has 1 aromatic rings. The van der Waals surface area contributed by atoms with E-state index in [1.807, 2.05) is 0 Å². The smallest absolute Gasteiger partial charge is 0.0175 e. The highest BCUT2D eigenvalue weighted by Gasteiger charge is 2.29. The van der Waals surface area contributed by atoms with Crippen LogP contribution in [0.3, 0.4) is 0 Å². The van der Waals surface area contributed by atoms with Gasteiger partial charge in [0.15, 0.2) is 0 Å². The van der Waals surface area contributed by atoms with Crippen LogP contribution in [0.4, 0.5) is 0 Å². The highest BCUT2D eigenvalue weighted by molar-refractivity contribution is 9.10. The summed E-state index contributed by atoms with van der Waals surface area (Å²) in [6, 6.07) is 9.13. The number of hydrogen-bond donors (Lipinski definition) is 0. The van der Waals surface area contributed by atoms with Gasteiger partial charge in [-0.25, -0.2) is 0 Å². The summed E-state index contributed by atoms with van der Waals surface area (Å²) in [5.41, 5.74) is 1.55. The summed E-state index contributed by atoms with van der Waals surface area (Å²) in [5, 5.41) is 0. The fraction of sp³-hybridized carbons (Fsp3) is 0.538. The molecule has 1 rings (SSSR count). The Kier molecular flexibility index (Phi) is 3.96. The van der Waals surface area contributed by atoms with Crippen molar-refractivity contribution in [2.75, 3.05) is 14.1 Å². The van der Waals surface area contributed by atoms with Gasteiger partial charge < -0.3 is 4.90 Å². The lowest BCUT2D eigenvalue weighted by Crippen LogP contribution is -2.41. The summed E-state index contributed by atoms with van der Waals surface area (Å²) < 4.78 is 1.14. The lowest BCUT2D eigenvalue weighted by molar-refractivity contribution is 0.216. The summed E-state index contributed by atoms with van der Waals surface area (Å²) in [5.74, 6) is 0. The van der Waals surface area contributed by atoms with Gasteiger partial charge in [-0.3, -0.25) is 0 Å². The number of hydrogen-bond acceptors (Lipinski definition) is 1. The van der Waals surface area contributed by atoms with Crippen LogP contribution in [-0.4, -0.2) is 25.0 Å². The van der Waals surface area contributed by atoms with Crippen LogP contribution in [0.2, 0.25) is 0 Å². The van der Waals surface area contributed by atoms with Crippen molar-refractivity contribution in [1.82, 2.24) is 4.90 Å². The molecule has 2 heteroatoms. The first-order valence-corrected chi connectivity index (χ1v) is 6.07. The third kappa shape index (κ3) is 2.82. The monoisotopic (exact) mass is 269 g/mol. The van der Waals surface area contributed by atoms with E-state index in [1.165, 1.54) is 5.56 Å². The minimum Gasteiger partial charge on any atom is -0.306 e. The van der Waals surface area contributed by atoms with Crippen molar-refractivity contribution in [2.45, 2.75) is 32.2 Å². The molecule has 0 aliphatic carbocycles. The molecule has 15 heavy (non-hydrogen) atoms. The fourth-order valence-electron chi connectivity index (χ4n) is 1.77. The Hall–Kier alpha value is -0.340. The molecular formula is C13H20BrN. The number of likely N-dealkylation sites (N-methyl/N-ethyl adjacent to an activating group) is 1. The van der Waals surface area contributed by atoms with Crippen LogP contribution in [0.5, 0.6) is 0 Å². The maximum atomic E-state index is 3.47. The molecule has 84 valence electrons. The molecule has 0 aromatic heterocycles. The average molecular weight is 270 g/mol. The number of nitrogens with zero attached hydrogens (tertiary/aromatic N) is 1. The van der Waals surface area contributed by atoms with E-state index in [9.17, 15) is 0 Å². The second-order valence-corrected chi connectivity index (χ2v) is 5.78. The van der Waals surface area contributed by atoms with Crippen molar-refractivity contribution < 1.29 is 0 Å². The zero-order valence-corrected chi connectivity index (χ0v) is 11.8. The molecule has 0 aliphatic rings. The van der Waals surface area contributed by atoms with Gasteiger partial charge in [-0.15, -0.1) is 0 Å². The second kappa shape index (κ2) is 4.67. The lowest BCUT2D eigenvalue weighted by Gasteiger charge is -2.36. The van der Waals surface area contributed by atoms with Gasteiger partial charge in [-0.05, 0) is 38.7 Å². The standard InChI is InChI=1S/C13H20BrN/c1-10(15(4)5)13(2,3)11-6-8-12(14)9-7-11/h6-10H,1-5H3. The molecule has 0 spiro atoms. The molecule has 0 aliphatic heterocycles. The van der Waals surface area contributed by atoms with Gasteiger partial charge >= 0.3 is 0 Å². The maximum absolute atomic E-state index is 3.47. The van der Waals surface area contributed by atoms with Crippen LogP contribution in [0.1, 0.15) is 26.3 Å². The van der Waals surface area contributed by atoms with E-state index in [0.29, 0.717) is 6.04 Å². The number of halogens is 1. The van der Waals surface area contributed by atoms with Gasteiger partial charge in [0.05, 0.1) is 0 Å². The molecule has 0 radical (unpaired) electrons. The molecule has 1 atom stereocenters. The summed E-state index contributed by atoms with van der Waals surface area (Å²) in [6.45, 7) is 6.85. The molecule has 0 heterocycles. The Labute approximate surface area is 102 Å². The normalized spacial score (nSPS) is 14.3. The Balaban J connectivity index is 2.99. The molecule has 0 bridgehead atoms. The zero-order valence-electron chi connectivity index (χ0n) is 10.2. The first kappa shape index (κ1) is 12.7. The van der Waals surface area contributed by atoms with Gasteiger partial charge in [0, 0.05) is 15.9 Å². The Morgan fingerprint density at radius 1 is 1.13 bits per heavy atom. The van der Waals surface area contributed by atoms with E-state index in [0.717, 1.165) is 4.47 Å². The first-order chi connectivity index (χ1) is 6.85. The Bertz CT molecular complexity index is 314. The van der Waals surface area contributed by atoms with Crippen LogP contribution in [0.15, 0.2) is 28.7 Å². The Morgan fingerprint density at radius 3 is 2.00 bits per heavy atom. The zero-order chi connectivity index (χ0) is 11.6. The topological polar surface area (TPSA) is 3.24 Å². The van der Waals surface area contributed by atoms with Crippen molar-refractivity contribution in [2.24, 2.45) is 0 Å². The van der Waals surface area contributed by atoms with E-state index >= 15 is 0 Å². The third-order valence-corrected chi connectivity index (χ3v) is 3.94. The minimum absolute atomic E-state index is 0.171. The van der Waals surface area contributed by atoms with Gasteiger partial charge in [-0.1, -0.05) is 41.9 Å². The predicted molar refractivity (Wildman–Crippen MR) is 70.3 cm³/mol. The molecule has 0 saturated heterocycles. The third-order valence-electron chi connectivity index (χ3n) is 3.41. The van der Waals surface area contributed by atoms with Crippen LogP contribution in [-0.2, 0) is 5.41 Å². The van der Waals surface area contributed by atoms with E-state index in [4.69, 9.17) is 0 Å². The summed E-state index contributed by atoms with van der Waals surface area (Å²) in [6.07, 6.45) is 0. The Morgan fingerprint density at radius 2 is 1.60 bits per heavy atom.